The van der Waals surface area contributed by atoms with Crippen molar-refractivity contribution in [2.45, 2.75) is 33.1 Å². The monoisotopic (exact) mass is 180 g/mol. The van der Waals surface area contributed by atoms with E-state index in [-0.39, 0.29) is 11.8 Å². The lowest BCUT2D eigenvalue weighted by molar-refractivity contribution is -0.136. The molecule has 72 valence electrons. The minimum absolute atomic E-state index is 0.197. The van der Waals surface area contributed by atoms with Crippen LogP contribution < -0.4 is 0 Å². The first kappa shape index (κ1) is 10.0. The molecule has 0 amide bonds. The predicted octanol–water partition coefficient (Wildman–Crippen LogP) is 2.76. The lowest BCUT2D eigenvalue weighted by Gasteiger charge is -2.24. The molecule has 1 aliphatic carbocycles. The van der Waals surface area contributed by atoms with Crippen molar-refractivity contribution in [1.29, 1.82) is 0 Å². The molecule has 0 aromatic rings. The van der Waals surface area contributed by atoms with Gasteiger partial charge < -0.3 is 5.11 Å². The fourth-order valence-electron chi connectivity index (χ4n) is 1.59. The van der Waals surface area contributed by atoms with Gasteiger partial charge in [0, 0.05) is 6.42 Å². The minimum Gasteiger partial charge on any atom is -0.481 e. The average molecular weight is 180 g/mol. The Balaban J connectivity index is 2.48. The van der Waals surface area contributed by atoms with E-state index in [2.05, 4.69) is 19.9 Å². The fraction of sp³-hybridized carbons (Fsp3) is 0.545. The van der Waals surface area contributed by atoms with Crippen LogP contribution >= 0.6 is 0 Å². The second-order valence-electron chi connectivity index (χ2n) is 4.24. The molecular formula is C11H16O2. The van der Waals surface area contributed by atoms with E-state index in [1.54, 1.807) is 0 Å². The van der Waals surface area contributed by atoms with Gasteiger partial charge in [0.25, 0.3) is 0 Å². The minimum atomic E-state index is -0.715. The first-order valence-corrected chi connectivity index (χ1v) is 4.59. The Morgan fingerprint density at radius 2 is 2.31 bits per heavy atom. The number of rotatable bonds is 3. The topological polar surface area (TPSA) is 37.3 Å². The van der Waals surface area contributed by atoms with Gasteiger partial charge in [-0.3, -0.25) is 4.79 Å². The molecular weight excluding hydrogens is 164 g/mol. The lowest BCUT2D eigenvalue weighted by atomic mass is 9.81. The smallest absolute Gasteiger partial charge is 0.303 e. The van der Waals surface area contributed by atoms with Crippen molar-refractivity contribution in [3.63, 3.8) is 0 Å². The summed E-state index contributed by atoms with van der Waals surface area (Å²) in [7, 11) is 0. The highest BCUT2D eigenvalue weighted by molar-refractivity contribution is 5.67. The zero-order valence-electron chi connectivity index (χ0n) is 8.21. The molecule has 0 bridgehead atoms. The van der Waals surface area contributed by atoms with Crippen LogP contribution in [0.2, 0.25) is 0 Å². The number of carboxylic acid groups (broad SMARTS) is 1. The zero-order chi connectivity index (χ0) is 9.90. The fourth-order valence-corrected chi connectivity index (χ4v) is 1.59. The van der Waals surface area contributed by atoms with Gasteiger partial charge in [-0.15, -0.1) is 0 Å². The molecule has 0 fully saturated rings. The standard InChI is InChI=1S/C11H16O2/c1-11(2)7-3-4-9(8-11)5-6-10(12)13/h3-4,7H,5-6,8H2,1-2H3,(H,12,13). The van der Waals surface area contributed by atoms with E-state index in [0.717, 1.165) is 6.42 Å². The maximum Gasteiger partial charge on any atom is 0.303 e. The van der Waals surface area contributed by atoms with Crippen molar-refractivity contribution < 1.29 is 9.90 Å². The maximum absolute atomic E-state index is 10.4. The third-order valence-electron chi connectivity index (χ3n) is 2.22. The van der Waals surface area contributed by atoms with Gasteiger partial charge in [0.15, 0.2) is 0 Å². The van der Waals surface area contributed by atoms with E-state index >= 15 is 0 Å². The van der Waals surface area contributed by atoms with Gasteiger partial charge in [-0.1, -0.05) is 37.6 Å². The van der Waals surface area contributed by atoms with Crippen molar-refractivity contribution in [3.05, 3.63) is 23.8 Å². The van der Waals surface area contributed by atoms with Gasteiger partial charge in [0.05, 0.1) is 0 Å². The number of aliphatic carboxylic acids is 1. The molecule has 1 N–H and O–H groups in total. The lowest BCUT2D eigenvalue weighted by Crippen LogP contribution is -2.11. The van der Waals surface area contributed by atoms with Crippen LogP contribution in [0.15, 0.2) is 23.8 Å². The van der Waals surface area contributed by atoms with E-state index in [1.165, 1.54) is 5.57 Å². The van der Waals surface area contributed by atoms with E-state index in [1.807, 2.05) is 12.2 Å². The Morgan fingerprint density at radius 3 is 2.85 bits per heavy atom. The molecule has 1 rings (SSSR count). The predicted molar refractivity (Wildman–Crippen MR) is 52.5 cm³/mol. The van der Waals surface area contributed by atoms with Gasteiger partial charge in [-0.2, -0.15) is 0 Å². The van der Waals surface area contributed by atoms with Gasteiger partial charge >= 0.3 is 5.97 Å². The highest BCUT2D eigenvalue weighted by Crippen LogP contribution is 2.32. The summed E-state index contributed by atoms with van der Waals surface area (Å²) in [5.41, 5.74) is 1.44. The van der Waals surface area contributed by atoms with Crippen molar-refractivity contribution in [3.8, 4) is 0 Å². The van der Waals surface area contributed by atoms with Gasteiger partial charge in [-0.25, -0.2) is 0 Å². The van der Waals surface area contributed by atoms with Gasteiger partial charge in [0.2, 0.25) is 0 Å². The molecule has 0 atom stereocenters. The summed E-state index contributed by atoms with van der Waals surface area (Å²) in [6.07, 6.45) is 8.14. The number of carbonyl (C=O) groups is 1. The zero-order valence-corrected chi connectivity index (χ0v) is 8.21. The van der Waals surface area contributed by atoms with Crippen LogP contribution in [0, 0.1) is 5.41 Å². The molecule has 0 aliphatic heterocycles. The molecule has 0 saturated carbocycles. The first-order chi connectivity index (χ1) is 5.99. The van der Waals surface area contributed by atoms with Gasteiger partial charge in [-0.05, 0) is 18.3 Å². The summed E-state index contributed by atoms with van der Waals surface area (Å²) < 4.78 is 0. The molecule has 0 unspecified atom stereocenters. The van der Waals surface area contributed by atoms with E-state index in [9.17, 15) is 4.79 Å². The molecule has 0 saturated heterocycles. The van der Waals surface area contributed by atoms with Crippen molar-refractivity contribution in [2.75, 3.05) is 0 Å². The SMILES string of the molecule is CC1(C)C=CC=C(CCC(=O)O)C1. The Bertz CT molecular complexity index is 259. The van der Waals surface area contributed by atoms with Crippen molar-refractivity contribution >= 4 is 5.97 Å². The second kappa shape index (κ2) is 3.77. The molecule has 0 aromatic heterocycles. The Hall–Kier alpha value is -1.05. The van der Waals surface area contributed by atoms with Crippen LogP contribution in [0.4, 0.5) is 0 Å². The molecule has 13 heavy (non-hydrogen) atoms. The number of hydrogen-bond donors (Lipinski definition) is 1. The quantitative estimate of drug-likeness (QED) is 0.725. The third kappa shape index (κ3) is 3.45. The van der Waals surface area contributed by atoms with Crippen LogP contribution in [-0.4, -0.2) is 11.1 Å². The molecule has 2 heteroatoms. The Labute approximate surface area is 79.0 Å². The second-order valence-corrected chi connectivity index (χ2v) is 4.24. The Kier molecular flexibility index (Phi) is 2.91. The summed E-state index contributed by atoms with van der Waals surface area (Å²) in [6, 6.07) is 0. The highest BCUT2D eigenvalue weighted by Gasteiger charge is 2.18. The molecule has 0 aromatic carbocycles. The highest BCUT2D eigenvalue weighted by atomic mass is 16.4. The summed E-state index contributed by atoms with van der Waals surface area (Å²) in [5, 5.41) is 8.53. The van der Waals surface area contributed by atoms with Crippen molar-refractivity contribution in [2.24, 2.45) is 5.41 Å². The molecule has 1 aliphatic rings. The molecule has 2 nitrogen and oxygen atoms in total. The van der Waals surface area contributed by atoms with E-state index in [4.69, 9.17) is 5.11 Å². The van der Waals surface area contributed by atoms with Gasteiger partial charge in [0.1, 0.15) is 0 Å². The van der Waals surface area contributed by atoms with Crippen molar-refractivity contribution in [1.82, 2.24) is 0 Å². The molecule has 0 heterocycles. The average Bonchev–Trinajstić information content (AvgIpc) is 1.99. The number of hydrogen-bond acceptors (Lipinski definition) is 1. The summed E-state index contributed by atoms with van der Waals surface area (Å²) in [5.74, 6) is -0.715. The first-order valence-electron chi connectivity index (χ1n) is 4.59. The normalized spacial score (nSPS) is 19.7. The van der Waals surface area contributed by atoms with Crippen LogP contribution in [0.3, 0.4) is 0 Å². The van der Waals surface area contributed by atoms with E-state index < -0.39 is 5.97 Å². The van der Waals surface area contributed by atoms with Crippen LogP contribution in [0.1, 0.15) is 33.1 Å². The van der Waals surface area contributed by atoms with Crippen LogP contribution in [0.5, 0.6) is 0 Å². The van der Waals surface area contributed by atoms with Crippen LogP contribution in [-0.2, 0) is 4.79 Å². The summed E-state index contributed by atoms with van der Waals surface area (Å²) in [4.78, 5) is 10.4. The third-order valence-corrected chi connectivity index (χ3v) is 2.22. The summed E-state index contributed by atoms with van der Waals surface area (Å²) in [6.45, 7) is 4.33. The molecule has 0 radical (unpaired) electrons. The van der Waals surface area contributed by atoms with E-state index in [0.29, 0.717) is 6.42 Å². The Morgan fingerprint density at radius 1 is 1.62 bits per heavy atom. The number of carboxylic acids is 1. The number of allylic oxidation sites excluding steroid dienone is 4. The van der Waals surface area contributed by atoms with Crippen LogP contribution in [0.25, 0.3) is 0 Å². The summed E-state index contributed by atoms with van der Waals surface area (Å²) >= 11 is 0. The largest absolute Gasteiger partial charge is 0.481 e. The molecule has 0 spiro atoms. The maximum atomic E-state index is 10.4.